The van der Waals surface area contributed by atoms with Crippen molar-refractivity contribution in [3.8, 4) is 0 Å². The van der Waals surface area contributed by atoms with E-state index in [9.17, 15) is 9.59 Å². The fourth-order valence-electron chi connectivity index (χ4n) is 2.60. The molecule has 10 nitrogen and oxygen atoms in total. The minimum Gasteiger partial charge on any atom is -0.419 e. The Hall–Kier alpha value is -2.14. The van der Waals surface area contributed by atoms with Gasteiger partial charge in [-0.1, -0.05) is 13.2 Å². The van der Waals surface area contributed by atoms with Crippen molar-refractivity contribution in [3.63, 3.8) is 0 Å². The first-order chi connectivity index (χ1) is 12.2. The van der Waals surface area contributed by atoms with Crippen LogP contribution in [0.15, 0.2) is 24.7 Å². The second kappa shape index (κ2) is 6.88. The number of carbonyl (C=O) groups excluding carboxylic acids is 2. The largest absolute Gasteiger partial charge is 0.514 e. The lowest BCUT2D eigenvalue weighted by atomic mass is 10.0. The van der Waals surface area contributed by atoms with Gasteiger partial charge in [-0.3, -0.25) is 0 Å². The van der Waals surface area contributed by atoms with Gasteiger partial charge in [-0.25, -0.2) is 9.59 Å². The minimum absolute atomic E-state index is 0.148. The van der Waals surface area contributed by atoms with Gasteiger partial charge >= 0.3 is 12.3 Å². The van der Waals surface area contributed by atoms with E-state index in [2.05, 4.69) is 13.2 Å². The van der Waals surface area contributed by atoms with Crippen LogP contribution >= 0.6 is 0 Å². The quantitative estimate of drug-likeness (QED) is 0.682. The van der Waals surface area contributed by atoms with Crippen molar-refractivity contribution in [1.29, 1.82) is 0 Å². The first-order valence-corrected chi connectivity index (χ1v) is 7.87. The monoisotopic (exact) mass is 372 g/mol. The van der Waals surface area contributed by atoms with Gasteiger partial charge in [0, 0.05) is 12.8 Å². The number of cyclic esters (lactones) is 4. The summed E-state index contributed by atoms with van der Waals surface area (Å²) in [6.07, 6.45) is -2.89. The van der Waals surface area contributed by atoms with Crippen LogP contribution in [0.2, 0.25) is 0 Å². The lowest BCUT2D eigenvalue weighted by Crippen LogP contribution is -2.39. The highest BCUT2D eigenvalue weighted by Gasteiger charge is 2.46. The van der Waals surface area contributed by atoms with Crippen molar-refractivity contribution in [2.45, 2.75) is 50.5 Å². The van der Waals surface area contributed by atoms with Crippen LogP contribution in [0.1, 0.15) is 26.7 Å². The molecule has 26 heavy (non-hydrogen) atoms. The Bertz CT molecular complexity index is 569. The number of hydrogen-bond donors (Lipinski definition) is 0. The predicted molar refractivity (Wildman–Crippen MR) is 81.1 cm³/mol. The topological polar surface area (TPSA) is 108 Å². The molecule has 0 aliphatic carbocycles. The van der Waals surface area contributed by atoms with Crippen LogP contribution in [-0.2, 0) is 37.9 Å². The Morgan fingerprint density at radius 3 is 1.42 bits per heavy atom. The first kappa shape index (κ1) is 18.6. The second-order valence-corrected chi connectivity index (χ2v) is 6.39. The fraction of sp³-hybridized carbons (Fsp3) is 0.625. The molecule has 0 radical (unpaired) electrons. The van der Waals surface area contributed by atoms with Gasteiger partial charge in [0.2, 0.25) is 0 Å². The summed E-state index contributed by atoms with van der Waals surface area (Å²) in [5.74, 6) is 0.344. The standard InChI is InChI=1S/C16H20O10/c1-9-15(3,25-13(17)23-9)5-11-19-7-21-12(22-8-20-11)6-16(4)10(2)24-14(18)26-16/h11-12H,1-2,5-8H2,3-4H3. The molecule has 0 amide bonds. The molecule has 0 saturated carbocycles. The molecular weight excluding hydrogens is 352 g/mol. The molecule has 3 aliphatic rings. The third-order valence-corrected chi connectivity index (χ3v) is 4.34. The van der Waals surface area contributed by atoms with Crippen molar-refractivity contribution in [2.24, 2.45) is 0 Å². The third kappa shape index (κ3) is 3.83. The van der Waals surface area contributed by atoms with E-state index in [1.807, 2.05) is 0 Å². The van der Waals surface area contributed by atoms with Crippen LogP contribution < -0.4 is 0 Å². The molecule has 3 saturated heterocycles. The highest BCUT2D eigenvalue weighted by molar-refractivity contribution is 5.66. The van der Waals surface area contributed by atoms with Crippen LogP contribution in [-0.4, -0.2) is 49.7 Å². The molecule has 0 aromatic rings. The Balaban J connectivity index is 1.51. The molecular formula is C16H20O10. The van der Waals surface area contributed by atoms with Crippen molar-refractivity contribution >= 4 is 12.3 Å². The van der Waals surface area contributed by atoms with Gasteiger partial charge in [0.15, 0.2) is 37.4 Å². The molecule has 3 aliphatic heterocycles. The lowest BCUT2D eigenvalue weighted by Gasteiger charge is -2.32. The number of carbonyl (C=O) groups is 2. The molecule has 10 heteroatoms. The third-order valence-electron chi connectivity index (χ3n) is 4.34. The number of ether oxygens (including phenoxy) is 8. The highest BCUT2D eigenvalue weighted by Crippen LogP contribution is 2.36. The van der Waals surface area contributed by atoms with Gasteiger partial charge in [-0.05, 0) is 13.8 Å². The Kier molecular flexibility index (Phi) is 4.93. The smallest absolute Gasteiger partial charge is 0.419 e. The second-order valence-electron chi connectivity index (χ2n) is 6.39. The summed E-state index contributed by atoms with van der Waals surface area (Å²) in [6, 6.07) is 0. The van der Waals surface area contributed by atoms with Crippen LogP contribution in [0, 0.1) is 0 Å². The molecule has 0 bridgehead atoms. The van der Waals surface area contributed by atoms with Crippen molar-refractivity contribution < 1.29 is 47.5 Å². The molecule has 144 valence electrons. The molecule has 2 unspecified atom stereocenters. The summed E-state index contributed by atoms with van der Waals surface area (Å²) in [7, 11) is 0. The maximum atomic E-state index is 11.2. The Morgan fingerprint density at radius 2 is 1.15 bits per heavy atom. The maximum Gasteiger partial charge on any atom is 0.514 e. The molecule has 0 aromatic heterocycles. The van der Waals surface area contributed by atoms with E-state index in [1.54, 1.807) is 13.8 Å². The average molecular weight is 372 g/mol. The van der Waals surface area contributed by atoms with Crippen LogP contribution in [0.25, 0.3) is 0 Å². The molecule has 3 fully saturated rings. The maximum absolute atomic E-state index is 11.2. The molecule has 3 heterocycles. The van der Waals surface area contributed by atoms with Crippen molar-refractivity contribution in [1.82, 2.24) is 0 Å². The van der Waals surface area contributed by atoms with E-state index in [-0.39, 0.29) is 37.9 Å². The van der Waals surface area contributed by atoms with E-state index in [0.717, 1.165) is 0 Å². The summed E-state index contributed by atoms with van der Waals surface area (Å²) >= 11 is 0. The van der Waals surface area contributed by atoms with Crippen molar-refractivity contribution in [3.05, 3.63) is 24.7 Å². The number of rotatable bonds is 4. The molecule has 0 aromatic carbocycles. The summed E-state index contributed by atoms with van der Waals surface area (Å²) in [5, 5.41) is 0. The van der Waals surface area contributed by atoms with Gasteiger partial charge in [0.05, 0.1) is 0 Å². The van der Waals surface area contributed by atoms with Gasteiger partial charge in [0.25, 0.3) is 0 Å². The molecule has 0 N–H and O–H groups in total. The lowest BCUT2D eigenvalue weighted by molar-refractivity contribution is -0.329. The van der Waals surface area contributed by atoms with Gasteiger partial charge < -0.3 is 37.9 Å². The van der Waals surface area contributed by atoms with E-state index >= 15 is 0 Å². The van der Waals surface area contributed by atoms with Crippen LogP contribution in [0.4, 0.5) is 9.59 Å². The van der Waals surface area contributed by atoms with E-state index in [1.165, 1.54) is 0 Å². The SMILES string of the molecule is C=C1OC(=O)OC1(C)CC1OCOC(CC2(C)OC(=O)OC2=C)OCO1. The van der Waals surface area contributed by atoms with Crippen LogP contribution in [0.3, 0.4) is 0 Å². The summed E-state index contributed by atoms with van der Waals surface area (Å²) in [6.45, 7) is 10.3. The minimum atomic E-state index is -1.07. The highest BCUT2D eigenvalue weighted by atomic mass is 16.9. The number of hydrogen-bond acceptors (Lipinski definition) is 10. The van der Waals surface area contributed by atoms with Crippen LogP contribution in [0.5, 0.6) is 0 Å². The normalized spacial score (nSPS) is 38.1. The summed E-state index contributed by atoms with van der Waals surface area (Å²) < 4.78 is 41.8. The van der Waals surface area contributed by atoms with Gasteiger partial charge in [-0.2, -0.15) is 0 Å². The van der Waals surface area contributed by atoms with Crippen molar-refractivity contribution in [2.75, 3.05) is 13.6 Å². The Morgan fingerprint density at radius 1 is 0.808 bits per heavy atom. The average Bonchev–Trinajstić information content (AvgIpc) is 2.90. The van der Waals surface area contributed by atoms with E-state index in [0.29, 0.717) is 0 Å². The zero-order valence-corrected chi connectivity index (χ0v) is 14.5. The van der Waals surface area contributed by atoms with Gasteiger partial charge in [-0.15, -0.1) is 0 Å². The summed E-state index contributed by atoms with van der Waals surface area (Å²) in [4.78, 5) is 22.5. The first-order valence-electron chi connectivity index (χ1n) is 7.87. The van der Waals surface area contributed by atoms with E-state index in [4.69, 9.17) is 37.9 Å². The predicted octanol–water partition coefficient (Wildman–Crippen LogP) is 2.29. The summed E-state index contributed by atoms with van der Waals surface area (Å²) in [5.41, 5.74) is -2.14. The zero-order chi connectivity index (χ0) is 18.9. The molecule has 2 atom stereocenters. The molecule has 3 rings (SSSR count). The zero-order valence-electron chi connectivity index (χ0n) is 14.5. The fourth-order valence-corrected chi connectivity index (χ4v) is 2.60. The van der Waals surface area contributed by atoms with E-state index < -0.39 is 36.1 Å². The Labute approximate surface area is 149 Å². The van der Waals surface area contributed by atoms with Gasteiger partial charge in [0.1, 0.15) is 11.5 Å². The molecule has 0 spiro atoms.